The number of para-hydroxylation sites is 2. The van der Waals surface area contributed by atoms with Gasteiger partial charge in [-0.25, -0.2) is 0 Å². The molecule has 4 heteroatoms. The predicted molar refractivity (Wildman–Crippen MR) is 113 cm³/mol. The zero-order valence-corrected chi connectivity index (χ0v) is 16.8. The number of aryl methyl sites for hydroxylation is 3. The van der Waals surface area contributed by atoms with Crippen LogP contribution < -0.4 is 15.1 Å². The van der Waals surface area contributed by atoms with Crippen LogP contribution in [0, 0.1) is 6.92 Å². The van der Waals surface area contributed by atoms with Gasteiger partial charge in [0.05, 0.1) is 26.2 Å². The third-order valence-corrected chi connectivity index (χ3v) is 5.60. The van der Waals surface area contributed by atoms with E-state index >= 15 is 0 Å². The van der Waals surface area contributed by atoms with Crippen molar-refractivity contribution < 1.29 is 9.69 Å². The van der Waals surface area contributed by atoms with Crippen LogP contribution in [0.25, 0.3) is 0 Å². The molecule has 0 saturated carbocycles. The van der Waals surface area contributed by atoms with Crippen LogP contribution in [0.1, 0.15) is 30.5 Å². The van der Waals surface area contributed by atoms with Crippen molar-refractivity contribution in [1.82, 2.24) is 0 Å². The lowest BCUT2D eigenvalue weighted by Gasteiger charge is -2.34. The second kappa shape index (κ2) is 9.05. The quantitative estimate of drug-likeness (QED) is 0.824. The fourth-order valence-electron chi connectivity index (χ4n) is 3.97. The van der Waals surface area contributed by atoms with Gasteiger partial charge in [-0.3, -0.25) is 4.79 Å². The highest BCUT2D eigenvalue weighted by Gasteiger charge is 2.23. The number of hydrogen-bond acceptors (Lipinski definition) is 2. The molecule has 1 aliphatic heterocycles. The van der Waals surface area contributed by atoms with E-state index in [0.29, 0.717) is 6.54 Å². The summed E-state index contributed by atoms with van der Waals surface area (Å²) in [6, 6.07) is 14.9. The first-order chi connectivity index (χ1) is 13.1. The summed E-state index contributed by atoms with van der Waals surface area (Å²) < 4.78 is 0. The molecule has 1 fully saturated rings. The van der Waals surface area contributed by atoms with Gasteiger partial charge < -0.3 is 15.1 Å². The summed E-state index contributed by atoms with van der Waals surface area (Å²) in [7, 11) is 0. The van der Waals surface area contributed by atoms with E-state index in [1.807, 2.05) is 0 Å². The Morgan fingerprint density at radius 1 is 1.00 bits per heavy atom. The van der Waals surface area contributed by atoms with Crippen molar-refractivity contribution in [3.8, 4) is 0 Å². The SMILES string of the molecule is CCc1cccc(CC)c1NC(=O)C[NH+]1CCN(c2ccccc2C)CC1. The minimum Gasteiger partial charge on any atom is -0.360 e. The van der Waals surface area contributed by atoms with E-state index in [0.717, 1.165) is 44.7 Å². The molecular weight excluding hydrogens is 334 g/mol. The Balaban J connectivity index is 1.57. The molecule has 1 aliphatic rings. The number of hydrogen-bond donors (Lipinski definition) is 2. The summed E-state index contributed by atoms with van der Waals surface area (Å²) in [5.41, 5.74) is 6.13. The van der Waals surface area contributed by atoms with Crippen LogP contribution in [0.3, 0.4) is 0 Å². The van der Waals surface area contributed by atoms with E-state index in [1.165, 1.54) is 27.3 Å². The summed E-state index contributed by atoms with van der Waals surface area (Å²) in [4.78, 5) is 16.5. The number of carbonyl (C=O) groups excluding carboxylic acids is 1. The molecule has 1 heterocycles. The molecule has 0 radical (unpaired) electrons. The molecule has 0 atom stereocenters. The van der Waals surface area contributed by atoms with Crippen molar-refractivity contribution in [3.05, 3.63) is 59.2 Å². The Hall–Kier alpha value is -2.33. The third-order valence-electron chi connectivity index (χ3n) is 5.60. The molecule has 3 rings (SSSR count). The van der Waals surface area contributed by atoms with Crippen LogP contribution >= 0.6 is 0 Å². The molecule has 0 bridgehead atoms. The van der Waals surface area contributed by atoms with E-state index in [2.05, 4.69) is 73.5 Å². The van der Waals surface area contributed by atoms with E-state index in [4.69, 9.17) is 0 Å². The van der Waals surface area contributed by atoms with Crippen LogP contribution in [0.2, 0.25) is 0 Å². The molecule has 2 aromatic rings. The summed E-state index contributed by atoms with van der Waals surface area (Å²) >= 11 is 0. The predicted octanol–water partition coefficient (Wildman–Crippen LogP) is 2.46. The van der Waals surface area contributed by atoms with Gasteiger partial charge in [0.2, 0.25) is 0 Å². The minimum atomic E-state index is 0.130. The Labute approximate surface area is 163 Å². The molecule has 144 valence electrons. The van der Waals surface area contributed by atoms with Gasteiger partial charge in [-0.15, -0.1) is 0 Å². The number of carbonyl (C=O) groups is 1. The van der Waals surface area contributed by atoms with Gasteiger partial charge in [0, 0.05) is 11.4 Å². The fraction of sp³-hybridized carbons (Fsp3) is 0.435. The highest BCUT2D eigenvalue weighted by molar-refractivity contribution is 5.93. The van der Waals surface area contributed by atoms with Gasteiger partial charge in [-0.2, -0.15) is 0 Å². The van der Waals surface area contributed by atoms with Crippen LogP contribution in [0.5, 0.6) is 0 Å². The highest BCUT2D eigenvalue weighted by atomic mass is 16.2. The zero-order chi connectivity index (χ0) is 19.2. The Kier molecular flexibility index (Phi) is 6.51. The summed E-state index contributed by atoms with van der Waals surface area (Å²) in [5.74, 6) is 0.130. The largest absolute Gasteiger partial charge is 0.360 e. The number of nitrogens with one attached hydrogen (secondary N) is 2. The molecule has 2 aromatic carbocycles. The summed E-state index contributed by atoms with van der Waals surface area (Å²) in [6.45, 7) is 11.0. The van der Waals surface area contributed by atoms with Crippen molar-refractivity contribution in [2.45, 2.75) is 33.6 Å². The lowest BCUT2D eigenvalue weighted by atomic mass is 10.0. The van der Waals surface area contributed by atoms with Crippen molar-refractivity contribution in [2.24, 2.45) is 0 Å². The summed E-state index contributed by atoms with van der Waals surface area (Å²) in [6.07, 6.45) is 1.87. The van der Waals surface area contributed by atoms with E-state index < -0.39 is 0 Å². The fourth-order valence-corrected chi connectivity index (χ4v) is 3.97. The van der Waals surface area contributed by atoms with Crippen molar-refractivity contribution in [1.29, 1.82) is 0 Å². The van der Waals surface area contributed by atoms with Crippen molar-refractivity contribution in [3.63, 3.8) is 0 Å². The first-order valence-electron chi connectivity index (χ1n) is 10.2. The lowest BCUT2D eigenvalue weighted by Crippen LogP contribution is -3.15. The number of nitrogens with zero attached hydrogens (tertiary/aromatic N) is 1. The van der Waals surface area contributed by atoms with Crippen molar-refractivity contribution >= 4 is 17.3 Å². The number of anilines is 2. The topological polar surface area (TPSA) is 36.8 Å². The highest BCUT2D eigenvalue weighted by Crippen LogP contribution is 2.22. The molecule has 0 aliphatic carbocycles. The van der Waals surface area contributed by atoms with Crippen molar-refractivity contribution in [2.75, 3.05) is 42.9 Å². The first-order valence-corrected chi connectivity index (χ1v) is 10.2. The molecule has 0 aromatic heterocycles. The molecule has 27 heavy (non-hydrogen) atoms. The number of rotatable bonds is 6. The van der Waals surface area contributed by atoms with Crippen LogP contribution in [-0.2, 0) is 17.6 Å². The van der Waals surface area contributed by atoms with E-state index in [-0.39, 0.29) is 5.91 Å². The molecule has 1 saturated heterocycles. The Morgan fingerprint density at radius 2 is 1.63 bits per heavy atom. The monoisotopic (exact) mass is 366 g/mol. The molecular formula is C23H32N3O+. The Bertz CT molecular complexity index is 757. The number of piperazine rings is 1. The molecule has 0 unspecified atom stereocenters. The number of quaternary nitrogens is 1. The maximum atomic E-state index is 12.7. The van der Waals surface area contributed by atoms with Gasteiger partial charge in [0.25, 0.3) is 5.91 Å². The molecule has 0 spiro atoms. The molecule has 2 N–H and O–H groups in total. The average Bonchev–Trinajstić information content (AvgIpc) is 2.69. The summed E-state index contributed by atoms with van der Waals surface area (Å²) in [5, 5.41) is 3.21. The second-order valence-electron chi connectivity index (χ2n) is 7.41. The maximum absolute atomic E-state index is 12.7. The Morgan fingerprint density at radius 3 is 2.22 bits per heavy atom. The molecule has 4 nitrogen and oxygen atoms in total. The average molecular weight is 367 g/mol. The van der Waals surface area contributed by atoms with Crippen LogP contribution in [-0.4, -0.2) is 38.6 Å². The normalized spacial score (nSPS) is 15.0. The standard InChI is InChI=1S/C23H31N3O/c1-4-19-10-8-11-20(5-2)23(19)24-22(27)17-25-13-15-26(16-14-25)21-12-7-6-9-18(21)3/h6-12H,4-5,13-17H2,1-3H3,(H,24,27)/p+1. The smallest absolute Gasteiger partial charge is 0.279 e. The zero-order valence-electron chi connectivity index (χ0n) is 16.8. The third kappa shape index (κ3) is 4.69. The van der Waals surface area contributed by atoms with Gasteiger partial charge in [0.15, 0.2) is 6.54 Å². The van der Waals surface area contributed by atoms with Gasteiger partial charge in [-0.1, -0.05) is 50.2 Å². The maximum Gasteiger partial charge on any atom is 0.279 e. The van der Waals surface area contributed by atoms with Gasteiger partial charge in [0.1, 0.15) is 0 Å². The first kappa shape index (κ1) is 19.4. The van der Waals surface area contributed by atoms with E-state index in [9.17, 15) is 4.79 Å². The lowest BCUT2D eigenvalue weighted by molar-refractivity contribution is -0.892. The number of benzene rings is 2. The molecule has 1 amide bonds. The second-order valence-corrected chi connectivity index (χ2v) is 7.41. The van der Waals surface area contributed by atoms with E-state index in [1.54, 1.807) is 0 Å². The minimum absolute atomic E-state index is 0.130. The number of amides is 1. The van der Waals surface area contributed by atoms with Crippen LogP contribution in [0.15, 0.2) is 42.5 Å². The van der Waals surface area contributed by atoms with Crippen LogP contribution in [0.4, 0.5) is 11.4 Å². The van der Waals surface area contributed by atoms with Gasteiger partial charge in [-0.05, 0) is 42.5 Å². The van der Waals surface area contributed by atoms with Gasteiger partial charge >= 0.3 is 0 Å².